The molecule has 0 amide bonds. The fourth-order valence-electron chi connectivity index (χ4n) is 3.07. The molecule has 4 heteroatoms. The molecule has 1 atom stereocenters. The van der Waals surface area contributed by atoms with Gasteiger partial charge in [-0.05, 0) is 23.8 Å². The lowest BCUT2D eigenvalue weighted by Gasteiger charge is -2.33. The smallest absolute Gasteiger partial charge is 0.0952 e. The number of hydrogen-bond donors (Lipinski definition) is 0. The highest BCUT2D eigenvalue weighted by molar-refractivity contribution is 5.46. The molecule has 1 saturated heterocycles. The van der Waals surface area contributed by atoms with Crippen LogP contribution in [0.15, 0.2) is 60.8 Å². The highest BCUT2D eigenvalue weighted by Crippen LogP contribution is 2.23. The Morgan fingerprint density at radius 1 is 1.05 bits per heavy atom. The molecular weight excluding hydrogens is 274 g/mol. The molecule has 1 fully saturated rings. The Hall–Kier alpha value is -2.17. The maximum absolute atomic E-state index is 5.94. The lowest BCUT2D eigenvalue weighted by atomic mass is 10.1. The minimum absolute atomic E-state index is 0.159. The zero-order valence-corrected chi connectivity index (χ0v) is 12.4. The van der Waals surface area contributed by atoms with E-state index in [0.29, 0.717) is 0 Å². The van der Waals surface area contributed by atoms with E-state index in [-0.39, 0.29) is 6.10 Å². The van der Waals surface area contributed by atoms with Gasteiger partial charge < -0.3 is 4.74 Å². The molecule has 1 aliphatic heterocycles. The number of ether oxygens (including phenoxy) is 1. The van der Waals surface area contributed by atoms with Crippen LogP contribution in [0.2, 0.25) is 0 Å². The Balaban J connectivity index is 1.52. The van der Waals surface area contributed by atoms with Crippen molar-refractivity contribution < 1.29 is 4.74 Å². The standard InChI is InChI=1S/C18H19N3O/c1-2-5-15(6-3-1)18-14-20(11-12-22-18)13-17-8-4-7-16-9-10-19-21(16)17/h1-10,18H,11-14H2. The normalized spacial score (nSPS) is 19.5. The molecule has 3 aromatic rings. The molecule has 4 nitrogen and oxygen atoms in total. The van der Waals surface area contributed by atoms with Gasteiger partial charge >= 0.3 is 0 Å². The van der Waals surface area contributed by atoms with Gasteiger partial charge in [0.05, 0.1) is 23.9 Å². The van der Waals surface area contributed by atoms with Crippen LogP contribution in [0.1, 0.15) is 17.4 Å². The number of morpholine rings is 1. The van der Waals surface area contributed by atoms with Crippen LogP contribution >= 0.6 is 0 Å². The summed E-state index contributed by atoms with van der Waals surface area (Å²) in [5.41, 5.74) is 3.62. The molecule has 1 aliphatic rings. The third-order valence-electron chi connectivity index (χ3n) is 4.21. The van der Waals surface area contributed by atoms with Crippen LogP contribution in [0.3, 0.4) is 0 Å². The number of rotatable bonds is 3. The van der Waals surface area contributed by atoms with Crippen molar-refractivity contribution in [1.29, 1.82) is 0 Å². The van der Waals surface area contributed by atoms with Gasteiger partial charge in [-0.1, -0.05) is 36.4 Å². The van der Waals surface area contributed by atoms with Crippen molar-refractivity contribution in [1.82, 2.24) is 14.5 Å². The Bertz CT molecular complexity index is 753. The quantitative estimate of drug-likeness (QED) is 0.743. The first-order valence-corrected chi connectivity index (χ1v) is 7.71. The Morgan fingerprint density at radius 2 is 1.95 bits per heavy atom. The highest BCUT2D eigenvalue weighted by atomic mass is 16.5. The number of benzene rings is 1. The highest BCUT2D eigenvalue weighted by Gasteiger charge is 2.22. The minimum Gasteiger partial charge on any atom is -0.371 e. The average Bonchev–Trinajstić information content (AvgIpc) is 3.06. The summed E-state index contributed by atoms with van der Waals surface area (Å²) in [5.74, 6) is 0. The van der Waals surface area contributed by atoms with Gasteiger partial charge in [-0.3, -0.25) is 4.90 Å². The van der Waals surface area contributed by atoms with E-state index in [0.717, 1.165) is 31.8 Å². The molecular formula is C18H19N3O. The zero-order chi connectivity index (χ0) is 14.8. The summed E-state index contributed by atoms with van der Waals surface area (Å²) in [5, 5.41) is 4.42. The predicted octanol–water partition coefficient (Wildman–Crippen LogP) is 2.91. The van der Waals surface area contributed by atoms with Crippen LogP contribution in [0.5, 0.6) is 0 Å². The Kier molecular flexibility index (Phi) is 3.62. The maximum Gasteiger partial charge on any atom is 0.0952 e. The van der Waals surface area contributed by atoms with E-state index in [4.69, 9.17) is 4.74 Å². The van der Waals surface area contributed by atoms with Crippen LogP contribution in [0.4, 0.5) is 0 Å². The van der Waals surface area contributed by atoms with Crippen molar-refractivity contribution in [2.45, 2.75) is 12.6 Å². The predicted molar refractivity (Wildman–Crippen MR) is 85.6 cm³/mol. The molecule has 0 saturated carbocycles. The molecule has 0 radical (unpaired) electrons. The van der Waals surface area contributed by atoms with Crippen molar-refractivity contribution in [2.24, 2.45) is 0 Å². The summed E-state index contributed by atoms with van der Waals surface area (Å²) in [6, 6.07) is 18.8. The topological polar surface area (TPSA) is 29.8 Å². The van der Waals surface area contributed by atoms with E-state index >= 15 is 0 Å². The van der Waals surface area contributed by atoms with Crippen molar-refractivity contribution >= 4 is 5.52 Å². The fourth-order valence-corrected chi connectivity index (χ4v) is 3.07. The lowest BCUT2D eigenvalue weighted by Crippen LogP contribution is -2.38. The molecule has 22 heavy (non-hydrogen) atoms. The van der Waals surface area contributed by atoms with E-state index in [1.165, 1.54) is 11.3 Å². The molecule has 0 bridgehead atoms. The van der Waals surface area contributed by atoms with E-state index in [1.807, 2.05) is 22.8 Å². The molecule has 1 unspecified atom stereocenters. The monoisotopic (exact) mass is 293 g/mol. The van der Waals surface area contributed by atoms with Crippen molar-refractivity contribution in [2.75, 3.05) is 19.7 Å². The van der Waals surface area contributed by atoms with Gasteiger partial charge in [-0.15, -0.1) is 0 Å². The number of hydrogen-bond acceptors (Lipinski definition) is 3. The van der Waals surface area contributed by atoms with Crippen LogP contribution in [0.25, 0.3) is 5.52 Å². The summed E-state index contributed by atoms with van der Waals surface area (Å²) < 4.78 is 7.96. The van der Waals surface area contributed by atoms with Crippen LogP contribution in [-0.2, 0) is 11.3 Å². The van der Waals surface area contributed by atoms with Gasteiger partial charge in [0.15, 0.2) is 0 Å². The third-order valence-corrected chi connectivity index (χ3v) is 4.21. The van der Waals surface area contributed by atoms with Gasteiger partial charge in [0.2, 0.25) is 0 Å². The fraction of sp³-hybridized carbons (Fsp3) is 0.278. The summed E-state index contributed by atoms with van der Waals surface area (Å²) >= 11 is 0. The Morgan fingerprint density at radius 3 is 2.86 bits per heavy atom. The second-order valence-corrected chi connectivity index (χ2v) is 5.69. The summed E-state index contributed by atoms with van der Waals surface area (Å²) in [6.07, 6.45) is 2.01. The van der Waals surface area contributed by atoms with Crippen LogP contribution in [0, 0.1) is 0 Å². The number of fused-ring (bicyclic) bond motifs is 1. The first kappa shape index (κ1) is 13.5. The van der Waals surface area contributed by atoms with E-state index in [9.17, 15) is 0 Å². The summed E-state index contributed by atoms with van der Waals surface area (Å²) in [4.78, 5) is 2.44. The number of pyridine rings is 1. The van der Waals surface area contributed by atoms with Gasteiger partial charge in [-0.25, -0.2) is 4.52 Å². The van der Waals surface area contributed by atoms with Crippen molar-refractivity contribution in [3.63, 3.8) is 0 Å². The number of aromatic nitrogens is 2. The van der Waals surface area contributed by atoms with E-state index in [1.54, 1.807) is 0 Å². The Labute approximate surface area is 129 Å². The summed E-state index contributed by atoms with van der Waals surface area (Å²) in [7, 11) is 0. The first-order valence-electron chi connectivity index (χ1n) is 7.71. The van der Waals surface area contributed by atoms with Crippen molar-refractivity contribution in [3.05, 3.63) is 72.1 Å². The molecule has 2 aromatic heterocycles. The van der Waals surface area contributed by atoms with Gasteiger partial charge in [-0.2, -0.15) is 5.10 Å². The molecule has 4 rings (SSSR count). The second kappa shape index (κ2) is 5.91. The molecule has 0 aliphatic carbocycles. The van der Waals surface area contributed by atoms with Gasteiger partial charge in [0.1, 0.15) is 0 Å². The van der Waals surface area contributed by atoms with Gasteiger partial charge in [0.25, 0.3) is 0 Å². The molecule has 3 heterocycles. The second-order valence-electron chi connectivity index (χ2n) is 5.69. The summed E-state index contributed by atoms with van der Waals surface area (Å²) in [6.45, 7) is 3.54. The van der Waals surface area contributed by atoms with E-state index in [2.05, 4.69) is 52.5 Å². The van der Waals surface area contributed by atoms with Crippen molar-refractivity contribution in [3.8, 4) is 0 Å². The van der Waals surface area contributed by atoms with Crippen LogP contribution in [-0.4, -0.2) is 34.2 Å². The number of nitrogens with zero attached hydrogens (tertiary/aromatic N) is 3. The minimum atomic E-state index is 0.159. The van der Waals surface area contributed by atoms with E-state index < -0.39 is 0 Å². The molecule has 0 N–H and O–H groups in total. The maximum atomic E-state index is 5.94. The largest absolute Gasteiger partial charge is 0.371 e. The zero-order valence-electron chi connectivity index (χ0n) is 12.4. The molecule has 1 aromatic carbocycles. The van der Waals surface area contributed by atoms with Crippen LogP contribution < -0.4 is 0 Å². The van der Waals surface area contributed by atoms with Gasteiger partial charge in [0, 0.05) is 25.8 Å². The third kappa shape index (κ3) is 2.63. The molecule has 112 valence electrons. The first-order chi connectivity index (χ1) is 10.9. The lowest BCUT2D eigenvalue weighted by molar-refractivity contribution is -0.0334. The molecule has 0 spiro atoms. The SMILES string of the molecule is c1ccc(C2CN(Cc3cccc4ccnn34)CCO2)cc1. The average molecular weight is 293 g/mol.